The summed E-state index contributed by atoms with van der Waals surface area (Å²) in [5, 5.41) is 10.3. The third-order valence-corrected chi connectivity index (χ3v) is 4.32. The van der Waals surface area contributed by atoms with Crippen molar-refractivity contribution in [2.45, 2.75) is 27.7 Å². The highest BCUT2D eigenvalue weighted by molar-refractivity contribution is 6.04. The fourth-order valence-corrected chi connectivity index (χ4v) is 3.19. The monoisotopic (exact) mass is 335 g/mol. The lowest BCUT2D eigenvalue weighted by atomic mass is 9.99. The first-order valence-electron chi connectivity index (χ1n) is 8.30. The molecule has 0 aliphatic heterocycles. The molecular weight excluding hydrogens is 314 g/mol. The summed E-state index contributed by atoms with van der Waals surface area (Å²) >= 11 is 0. The number of fused-ring (bicyclic) bond motifs is 1. The van der Waals surface area contributed by atoms with E-state index in [1.54, 1.807) is 12.1 Å². The molecule has 2 aromatic carbocycles. The summed E-state index contributed by atoms with van der Waals surface area (Å²) in [4.78, 5) is 16.5. The number of nitrogens with zero attached hydrogens (tertiary/aromatic N) is 1. The average Bonchev–Trinajstić information content (AvgIpc) is 2.57. The van der Waals surface area contributed by atoms with Crippen LogP contribution in [0.5, 0.6) is 5.75 Å². The minimum atomic E-state index is -0.946. The Bertz CT molecular complexity index is 953. The highest BCUT2D eigenvalue weighted by Crippen LogP contribution is 2.32. The number of hydrogen-bond acceptors (Lipinski definition) is 3. The van der Waals surface area contributed by atoms with Gasteiger partial charge in [-0.15, -0.1) is 0 Å². The summed E-state index contributed by atoms with van der Waals surface area (Å²) in [5.74, 6) is -0.0692. The molecule has 1 heterocycles. The first kappa shape index (κ1) is 17.0. The molecule has 0 aliphatic rings. The molecule has 0 fully saturated rings. The molecule has 0 amide bonds. The zero-order valence-corrected chi connectivity index (χ0v) is 14.9. The largest absolute Gasteiger partial charge is 0.493 e. The summed E-state index contributed by atoms with van der Waals surface area (Å²) in [6.07, 6.45) is 0. The fourth-order valence-electron chi connectivity index (χ4n) is 3.19. The van der Waals surface area contributed by atoms with Gasteiger partial charge in [0, 0.05) is 10.9 Å². The molecule has 4 nitrogen and oxygen atoms in total. The first-order chi connectivity index (χ1) is 11.9. The lowest BCUT2D eigenvalue weighted by Gasteiger charge is -2.14. The Morgan fingerprint density at radius 3 is 2.36 bits per heavy atom. The molecule has 0 radical (unpaired) electrons. The number of aromatic carboxylic acids is 1. The molecule has 128 valence electrons. The summed E-state index contributed by atoms with van der Waals surface area (Å²) in [6, 6.07) is 11.2. The highest BCUT2D eigenvalue weighted by atomic mass is 16.5. The molecule has 0 bridgehead atoms. The van der Waals surface area contributed by atoms with Gasteiger partial charge in [0.15, 0.2) is 0 Å². The van der Waals surface area contributed by atoms with E-state index in [-0.39, 0.29) is 5.56 Å². The van der Waals surface area contributed by atoms with E-state index in [9.17, 15) is 9.90 Å². The van der Waals surface area contributed by atoms with Crippen LogP contribution in [0.15, 0.2) is 36.4 Å². The van der Waals surface area contributed by atoms with E-state index in [4.69, 9.17) is 9.72 Å². The van der Waals surface area contributed by atoms with E-state index in [1.165, 1.54) is 0 Å². The van der Waals surface area contributed by atoms with Crippen LogP contribution in [0.1, 0.15) is 34.0 Å². The van der Waals surface area contributed by atoms with Gasteiger partial charge in [0.05, 0.1) is 23.4 Å². The van der Waals surface area contributed by atoms with Crippen molar-refractivity contribution >= 4 is 16.9 Å². The van der Waals surface area contributed by atoms with Gasteiger partial charge >= 0.3 is 5.97 Å². The predicted molar refractivity (Wildman–Crippen MR) is 99.5 cm³/mol. The number of carboxylic acid groups (broad SMARTS) is 1. The standard InChI is InChI=1S/C21H21NO3/c1-5-25-20-13(3)9-15(10-14(20)4)18-11-17(21(23)24)16-8-6-7-12(2)19(16)22-18/h6-11H,5H2,1-4H3,(H,23,24). The first-order valence-corrected chi connectivity index (χ1v) is 8.30. The lowest BCUT2D eigenvalue weighted by Crippen LogP contribution is -2.02. The molecular formula is C21H21NO3. The van der Waals surface area contributed by atoms with Gasteiger partial charge in [-0.3, -0.25) is 0 Å². The molecule has 0 unspecified atom stereocenters. The number of carboxylic acids is 1. The normalized spacial score (nSPS) is 10.9. The van der Waals surface area contributed by atoms with Crippen LogP contribution in [-0.2, 0) is 0 Å². The van der Waals surface area contributed by atoms with Crippen LogP contribution in [-0.4, -0.2) is 22.7 Å². The molecule has 25 heavy (non-hydrogen) atoms. The number of ether oxygens (including phenoxy) is 1. The number of aryl methyl sites for hydroxylation is 3. The van der Waals surface area contributed by atoms with Gasteiger partial charge in [-0.1, -0.05) is 18.2 Å². The van der Waals surface area contributed by atoms with Gasteiger partial charge in [-0.25, -0.2) is 9.78 Å². The predicted octanol–water partition coefficient (Wildman–Crippen LogP) is 4.92. The lowest BCUT2D eigenvalue weighted by molar-refractivity contribution is 0.0699. The van der Waals surface area contributed by atoms with E-state index in [0.29, 0.717) is 17.7 Å². The molecule has 3 aromatic rings. The summed E-state index contributed by atoms with van der Waals surface area (Å²) in [5.41, 5.74) is 5.54. The number of aromatic nitrogens is 1. The van der Waals surface area contributed by atoms with Crippen LogP contribution in [0.25, 0.3) is 22.2 Å². The van der Waals surface area contributed by atoms with Crippen LogP contribution >= 0.6 is 0 Å². The Morgan fingerprint density at radius 1 is 1.08 bits per heavy atom. The quantitative estimate of drug-likeness (QED) is 0.735. The van der Waals surface area contributed by atoms with Gasteiger partial charge in [0.1, 0.15) is 5.75 Å². The molecule has 0 saturated heterocycles. The van der Waals surface area contributed by atoms with Crippen LogP contribution < -0.4 is 4.74 Å². The average molecular weight is 335 g/mol. The van der Waals surface area contributed by atoms with Crippen molar-refractivity contribution in [2.75, 3.05) is 6.61 Å². The second-order valence-corrected chi connectivity index (χ2v) is 6.20. The van der Waals surface area contributed by atoms with Crippen LogP contribution in [0.4, 0.5) is 0 Å². The molecule has 0 spiro atoms. The molecule has 1 aromatic heterocycles. The van der Waals surface area contributed by atoms with Crippen LogP contribution in [0.3, 0.4) is 0 Å². The van der Waals surface area contributed by atoms with E-state index in [2.05, 4.69) is 0 Å². The highest BCUT2D eigenvalue weighted by Gasteiger charge is 2.15. The topological polar surface area (TPSA) is 59.4 Å². The maximum atomic E-state index is 11.7. The number of benzene rings is 2. The summed E-state index contributed by atoms with van der Waals surface area (Å²) in [7, 11) is 0. The molecule has 0 saturated carbocycles. The number of hydrogen-bond donors (Lipinski definition) is 1. The zero-order valence-electron chi connectivity index (χ0n) is 14.9. The summed E-state index contributed by atoms with van der Waals surface area (Å²) < 4.78 is 5.70. The third kappa shape index (κ3) is 3.07. The van der Waals surface area contributed by atoms with E-state index in [1.807, 2.05) is 52.0 Å². The molecule has 4 heteroatoms. The maximum absolute atomic E-state index is 11.7. The van der Waals surface area contributed by atoms with Gasteiger partial charge in [-0.2, -0.15) is 0 Å². The number of carbonyl (C=O) groups is 1. The Morgan fingerprint density at radius 2 is 1.76 bits per heavy atom. The smallest absolute Gasteiger partial charge is 0.336 e. The number of rotatable bonds is 4. The third-order valence-electron chi connectivity index (χ3n) is 4.32. The molecule has 1 N–H and O–H groups in total. The van der Waals surface area contributed by atoms with Gasteiger partial charge in [-0.05, 0) is 62.6 Å². The SMILES string of the molecule is CCOc1c(C)cc(-c2cc(C(=O)O)c3cccc(C)c3n2)cc1C. The number of pyridine rings is 1. The molecule has 0 aliphatic carbocycles. The van der Waals surface area contributed by atoms with Gasteiger partial charge < -0.3 is 9.84 Å². The van der Waals surface area contributed by atoms with Crippen molar-refractivity contribution in [3.05, 3.63) is 58.7 Å². The van der Waals surface area contributed by atoms with Crippen molar-refractivity contribution < 1.29 is 14.6 Å². The maximum Gasteiger partial charge on any atom is 0.336 e. The van der Waals surface area contributed by atoms with Crippen molar-refractivity contribution in [3.8, 4) is 17.0 Å². The van der Waals surface area contributed by atoms with Crippen LogP contribution in [0, 0.1) is 20.8 Å². The van der Waals surface area contributed by atoms with Crippen LogP contribution in [0.2, 0.25) is 0 Å². The molecule has 3 rings (SSSR count). The van der Waals surface area contributed by atoms with Gasteiger partial charge in [0.25, 0.3) is 0 Å². The Hall–Kier alpha value is -2.88. The minimum Gasteiger partial charge on any atom is -0.493 e. The minimum absolute atomic E-state index is 0.271. The Kier molecular flexibility index (Phi) is 4.45. The zero-order chi connectivity index (χ0) is 18.1. The second kappa shape index (κ2) is 6.55. The number of para-hydroxylation sites is 1. The Balaban J connectivity index is 2.26. The fraction of sp³-hybridized carbons (Fsp3) is 0.238. The van der Waals surface area contributed by atoms with E-state index in [0.717, 1.165) is 33.5 Å². The molecule has 0 atom stereocenters. The van der Waals surface area contributed by atoms with Crippen molar-refractivity contribution in [1.82, 2.24) is 4.98 Å². The van der Waals surface area contributed by atoms with Crippen molar-refractivity contribution in [3.63, 3.8) is 0 Å². The van der Waals surface area contributed by atoms with E-state index < -0.39 is 5.97 Å². The van der Waals surface area contributed by atoms with E-state index >= 15 is 0 Å². The van der Waals surface area contributed by atoms with Crippen molar-refractivity contribution in [1.29, 1.82) is 0 Å². The van der Waals surface area contributed by atoms with Crippen molar-refractivity contribution in [2.24, 2.45) is 0 Å². The summed E-state index contributed by atoms with van der Waals surface area (Å²) in [6.45, 7) is 8.49. The van der Waals surface area contributed by atoms with Gasteiger partial charge in [0.2, 0.25) is 0 Å². The second-order valence-electron chi connectivity index (χ2n) is 6.20. The Labute approximate surface area is 147 Å².